The van der Waals surface area contributed by atoms with Gasteiger partial charge in [0.25, 0.3) is 0 Å². The second-order valence-corrected chi connectivity index (χ2v) is 5.76. The summed E-state index contributed by atoms with van der Waals surface area (Å²) in [6.45, 7) is 7.78. The molecular weight excluding hydrogens is 227 g/mol. The molecule has 1 aromatic rings. The number of nitrogens with zero attached hydrogens (tertiary/aromatic N) is 1. The van der Waals surface area contributed by atoms with Gasteiger partial charge in [0.15, 0.2) is 0 Å². The molecule has 0 bridgehead atoms. The zero-order chi connectivity index (χ0) is 13.2. The fraction of sp³-hybridized carbons (Fsp3) is 0.667. The summed E-state index contributed by atoms with van der Waals surface area (Å²) in [6, 6.07) is 3.51. The number of hydrogen-bond donors (Lipinski definition) is 1. The predicted molar refractivity (Wildman–Crippen MR) is 71.7 cm³/mol. The van der Waals surface area contributed by atoms with Crippen molar-refractivity contribution in [2.24, 2.45) is 11.3 Å². The zero-order valence-electron chi connectivity index (χ0n) is 11.5. The van der Waals surface area contributed by atoms with E-state index in [1.165, 1.54) is 25.1 Å². The van der Waals surface area contributed by atoms with Crippen LogP contribution in [0.2, 0.25) is 0 Å². The van der Waals surface area contributed by atoms with Gasteiger partial charge in [-0.1, -0.05) is 20.8 Å². The molecule has 2 rings (SSSR count). The van der Waals surface area contributed by atoms with Crippen molar-refractivity contribution in [1.82, 2.24) is 10.3 Å². The standard InChI is InChI=1S/C15H23FN2/c1-4-13(14-6-5-12(16)9-17-14)18-10-15(7-8-15)11(2)3/h5-6,9,11,13,18H,4,7-8,10H2,1-3H3. The number of halogens is 1. The third kappa shape index (κ3) is 2.89. The average molecular weight is 250 g/mol. The molecule has 18 heavy (non-hydrogen) atoms. The van der Waals surface area contributed by atoms with E-state index >= 15 is 0 Å². The van der Waals surface area contributed by atoms with Crippen molar-refractivity contribution < 1.29 is 4.39 Å². The van der Waals surface area contributed by atoms with Crippen molar-refractivity contribution in [2.75, 3.05) is 6.54 Å². The molecule has 0 aliphatic heterocycles. The van der Waals surface area contributed by atoms with E-state index in [0.29, 0.717) is 5.41 Å². The molecule has 0 aromatic carbocycles. The maximum atomic E-state index is 12.9. The highest BCUT2D eigenvalue weighted by molar-refractivity contribution is 5.10. The number of nitrogens with one attached hydrogen (secondary N) is 1. The van der Waals surface area contributed by atoms with Gasteiger partial charge in [-0.25, -0.2) is 4.39 Å². The highest BCUT2D eigenvalue weighted by Gasteiger charge is 2.45. The minimum atomic E-state index is -0.269. The topological polar surface area (TPSA) is 24.9 Å². The molecule has 1 atom stereocenters. The Balaban J connectivity index is 1.96. The van der Waals surface area contributed by atoms with E-state index in [9.17, 15) is 4.39 Å². The van der Waals surface area contributed by atoms with Crippen LogP contribution in [-0.4, -0.2) is 11.5 Å². The molecule has 0 spiro atoms. The molecular formula is C15H23FN2. The van der Waals surface area contributed by atoms with Gasteiger partial charge in [-0.05, 0) is 42.7 Å². The second kappa shape index (κ2) is 5.35. The molecule has 0 saturated heterocycles. The first kappa shape index (κ1) is 13.5. The molecule has 2 nitrogen and oxygen atoms in total. The van der Waals surface area contributed by atoms with Crippen LogP contribution in [0.4, 0.5) is 4.39 Å². The summed E-state index contributed by atoms with van der Waals surface area (Å²) in [4.78, 5) is 4.18. The molecule has 1 aromatic heterocycles. The zero-order valence-corrected chi connectivity index (χ0v) is 11.5. The Morgan fingerprint density at radius 3 is 2.56 bits per heavy atom. The van der Waals surface area contributed by atoms with Crippen LogP contribution in [0.1, 0.15) is 51.8 Å². The highest BCUT2D eigenvalue weighted by atomic mass is 19.1. The Bertz CT molecular complexity index is 382. The Morgan fingerprint density at radius 1 is 1.39 bits per heavy atom. The van der Waals surface area contributed by atoms with Crippen LogP contribution in [0, 0.1) is 17.2 Å². The fourth-order valence-electron chi connectivity index (χ4n) is 2.50. The van der Waals surface area contributed by atoms with Crippen molar-refractivity contribution in [3.05, 3.63) is 29.8 Å². The number of hydrogen-bond acceptors (Lipinski definition) is 2. The summed E-state index contributed by atoms with van der Waals surface area (Å²) in [7, 11) is 0. The van der Waals surface area contributed by atoms with Crippen molar-refractivity contribution >= 4 is 0 Å². The Morgan fingerprint density at radius 2 is 2.11 bits per heavy atom. The normalized spacial score (nSPS) is 18.9. The van der Waals surface area contributed by atoms with Crippen molar-refractivity contribution in [3.8, 4) is 0 Å². The maximum absolute atomic E-state index is 12.9. The van der Waals surface area contributed by atoms with Gasteiger partial charge in [0, 0.05) is 12.6 Å². The average Bonchev–Trinajstić information content (AvgIpc) is 3.13. The van der Waals surface area contributed by atoms with Crippen LogP contribution in [0.25, 0.3) is 0 Å². The largest absolute Gasteiger partial charge is 0.308 e. The lowest BCUT2D eigenvalue weighted by Crippen LogP contribution is -2.31. The Labute approximate surface area is 109 Å². The number of aromatic nitrogens is 1. The van der Waals surface area contributed by atoms with E-state index in [4.69, 9.17) is 0 Å². The summed E-state index contributed by atoms with van der Waals surface area (Å²) in [5.74, 6) is 0.457. The molecule has 1 heterocycles. The minimum Gasteiger partial charge on any atom is -0.308 e. The van der Waals surface area contributed by atoms with Gasteiger partial charge in [-0.15, -0.1) is 0 Å². The van der Waals surface area contributed by atoms with E-state index in [1.54, 1.807) is 6.07 Å². The summed E-state index contributed by atoms with van der Waals surface area (Å²) in [6.07, 6.45) is 4.93. The maximum Gasteiger partial charge on any atom is 0.141 e. The van der Waals surface area contributed by atoms with Crippen molar-refractivity contribution in [3.63, 3.8) is 0 Å². The molecule has 1 fully saturated rings. The van der Waals surface area contributed by atoms with Crippen LogP contribution in [0.5, 0.6) is 0 Å². The quantitative estimate of drug-likeness (QED) is 0.832. The van der Waals surface area contributed by atoms with Crippen LogP contribution in [-0.2, 0) is 0 Å². The van der Waals surface area contributed by atoms with E-state index in [-0.39, 0.29) is 11.9 Å². The highest BCUT2D eigenvalue weighted by Crippen LogP contribution is 2.51. The first-order valence-corrected chi connectivity index (χ1v) is 6.92. The molecule has 100 valence electrons. The lowest BCUT2D eigenvalue weighted by Gasteiger charge is -2.24. The predicted octanol–water partition coefficient (Wildman–Crippen LogP) is 3.70. The molecule has 3 heteroatoms. The van der Waals surface area contributed by atoms with Gasteiger partial charge < -0.3 is 5.32 Å². The smallest absolute Gasteiger partial charge is 0.141 e. The minimum absolute atomic E-state index is 0.238. The molecule has 1 N–H and O–H groups in total. The van der Waals surface area contributed by atoms with Gasteiger partial charge in [-0.3, -0.25) is 4.98 Å². The van der Waals surface area contributed by atoms with Gasteiger partial charge in [0.1, 0.15) is 5.82 Å². The number of rotatable bonds is 6. The van der Waals surface area contributed by atoms with Crippen LogP contribution < -0.4 is 5.32 Å². The fourth-order valence-corrected chi connectivity index (χ4v) is 2.50. The van der Waals surface area contributed by atoms with Gasteiger partial charge in [0.05, 0.1) is 11.9 Å². The van der Waals surface area contributed by atoms with E-state index in [2.05, 4.69) is 31.1 Å². The summed E-state index contributed by atoms with van der Waals surface area (Å²) in [5.41, 5.74) is 1.44. The molecule has 1 unspecified atom stereocenters. The molecule has 1 aliphatic carbocycles. The monoisotopic (exact) mass is 250 g/mol. The van der Waals surface area contributed by atoms with Gasteiger partial charge in [0.2, 0.25) is 0 Å². The van der Waals surface area contributed by atoms with Gasteiger partial charge >= 0.3 is 0 Å². The molecule has 0 amide bonds. The van der Waals surface area contributed by atoms with Crippen molar-refractivity contribution in [2.45, 2.75) is 46.1 Å². The lowest BCUT2D eigenvalue weighted by molar-refractivity contribution is 0.316. The summed E-state index contributed by atoms with van der Waals surface area (Å²) >= 11 is 0. The third-order valence-electron chi connectivity index (χ3n) is 4.33. The van der Waals surface area contributed by atoms with E-state index < -0.39 is 0 Å². The van der Waals surface area contributed by atoms with Crippen LogP contribution in [0.3, 0.4) is 0 Å². The van der Waals surface area contributed by atoms with Crippen LogP contribution >= 0.6 is 0 Å². The molecule has 0 radical (unpaired) electrons. The molecule has 1 aliphatic rings. The van der Waals surface area contributed by atoms with Crippen LogP contribution in [0.15, 0.2) is 18.3 Å². The van der Waals surface area contributed by atoms with Gasteiger partial charge in [-0.2, -0.15) is 0 Å². The van der Waals surface area contributed by atoms with E-state index in [0.717, 1.165) is 24.6 Å². The Hall–Kier alpha value is -0.960. The summed E-state index contributed by atoms with van der Waals surface area (Å²) in [5, 5.41) is 3.60. The lowest BCUT2D eigenvalue weighted by atomic mass is 9.92. The first-order valence-electron chi connectivity index (χ1n) is 6.92. The molecule has 1 saturated carbocycles. The number of pyridine rings is 1. The first-order chi connectivity index (χ1) is 8.57. The summed E-state index contributed by atoms with van der Waals surface area (Å²) < 4.78 is 12.9. The Kier molecular flexibility index (Phi) is 4.00. The van der Waals surface area contributed by atoms with Crippen molar-refractivity contribution in [1.29, 1.82) is 0 Å². The van der Waals surface area contributed by atoms with E-state index in [1.807, 2.05) is 0 Å². The SMILES string of the molecule is CCC(NCC1(C(C)C)CC1)c1ccc(F)cn1. The second-order valence-electron chi connectivity index (χ2n) is 5.76. The third-order valence-corrected chi connectivity index (χ3v) is 4.33.